The average molecular weight is 395 g/mol. The fraction of sp³-hybridized carbons (Fsp3) is 0.286. The lowest BCUT2D eigenvalue weighted by Crippen LogP contribution is -2.41. The second-order valence-corrected chi connectivity index (χ2v) is 7.31. The van der Waals surface area contributed by atoms with E-state index in [1.165, 1.54) is 18.2 Å². The topological polar surface area (TPSA) is 110 Å². The third-order valence-corrected chi connectivity index (χ3v) is 4.72. The van der Waals surface area contributed by atoms with Gasteiger partial charge in [-0.25, -0.2) is 0 Å². The largest absolute Gasteiger partial charge is 0.348 e. The molecule has 1 aliphatic heterocycles. The lowest BCUT2D eigenvalue weighted by atomic mass is 9.97. The summed E-state index contributed by atoms with van der Waals surface area (Å²) in [6.45, 7) is 3.57. The maximum absolute atomic E-state index is 12.6. The van der Waals surface area contributed by atoms with Crippen molar-refractivity contribution in [3.63, 3.8) is 0 Å². The molecule has 0 aliphatic carbocycles. The van der Waals surface area contributed by atoms with Gasteiger partial charge in [-0.1, -0.05) is 50.2 Å². The lowest BCUT2D eigenvalue weighted by Gasteiger charge is -2.22. The lowest BCUT2D eigenvalue weighted by molar-refractivity contribution is -0.385. The first-order chi connectivity index (χ1) is 13.8. The first-order valence-corrected chi connectivity index (χ1v) is 9.27. The normalized spacial score (nSPS) is 14.1. The first kappa shape index (κ1) is 20.2. The highest BCUT2D eigenvalue weighted by Gasteiger charge is 2.41. The summed E-state index contributed by atoms with van der Waals surface area (Å²) in [5.74, 6) is -1.73. The van der Waals surface area contributed by atoms with E-state index in [1.807, 2.05) is 44.2 Å². The molecule has 0 aromatic heterocycles. The highest BCUT2D eigenvalue weighted by atomic mass is 16.6. The van der Waals surface area contributed by atoms with Crippen LogP contribution in [0.25, 0.3) is 0 Å². The zero-order valence-electron chi connectivity index (χ0n) is 16.1. The van der Waals surface area contributed by atoms with Crippen molar-refractivity contribution in [2.45, 2.75) is 26.3 Å². The fourth-order valence-corrected chi connectivity index (χ4v) is 3.43. The summed E-state index contributed by atoms with van der Waals surface area (Å²) in [6.07, 6.45) is 0.684. The van der Waals surface area contributed by atoms with Gasteiger partial charge >= 0.3 is 0 Å². The SMILES string of the molecule is CC(C)CC(NC(=O)CN1C(=O)c2cccc([N+](=O)[O-])c2C1=O)c1ccccc1. The van der Waals surface area contributed by atoms with Crippen molar-refractivity contribution in [1.29, 1.82) is 0 Å². The van der Waals surface area contributed by atoms with E-state index in [0.717, 1.165) is 10.5 Å². The van der Waals surface area contributed by atoms with E-state index in [1.54, 1.807) is 0 Å². The van der Waals surface area contributed by atoms with Crippen LogP contribution in [-0.4, -0.2) is 34.1 Å². The van der Waals surface area contributed by atoms with Crippen molar-refractivity contribution in [2.75, 3.05) is 6.54 Å². The number of nitro groups is 1. The molecule has 1 aliphatic rings. The van der Waals surface area contributed by atoms with Gasteiger partial charge in [0.2, 0.25) is 5.91 Å². The summed E-state index contributed by atoms with van der Waals surface area (Å²) >= 11 is 0. The van der Waals surface area contributed by atoms with Gasteiger partial charge in [0, 0.05) is 6.07 Å². The minimum atomic E-state index is -0.826. The number of hydrogen-bond acceptors (Lipinski definition) is 5. The van der Waals surface area contributed by atoms with Crippen LogP contribution in [0.1, 0.15) is 52.6 Å². The summed E-state index contributed by atoms with van der Waals surface area (Å²) in [4.78, 5) is 49.0. The number of imide groups is 1. The first-order valence-electron chi connectivity index (χ1n) is 9.27. The molecule has 1 heterocycles. The second-order valence-electron chi connectivity index (χ2n) is 7.31. The number of hydrogen-bond donors (Lipinski definition) is 1. The van der Waals surface area contributed by atoms with E-state index in [9.17, 15) is 24.5 Å². The van der Waals surface area contributed by atoms with Crippen molar-refractivity contribution in [3.8, 4) is 0 Å². The number of carbonyl (C=O) groups excluding carboxylic acids is 3. The Bertz CT molecular complexity index is 972. The summed E-state index contributed by atoms with van der Waals surface area (Å²) in [6, 6.07) is 13.0. The molecule has 3 rings (SSSR count). The molecule has 150 valence electrons. The Morgan fingerprint density at radius 2 is 1.76 bits per heavy atom. The van der Waals surface area contributed by atoms with Gasteiger partial charge < -0.3 is 5.32 Å². The molecular weight excluding hydrogens is 374 g/mol. The summed E-state index contributed by atoms with van der Waals surface area (Å²) < 4.78 is 0. The van der Waals surface area contributed by atoms with Gasteiger partial charge in [0.1, 0.15) is 12.1 Å². The molecule has 8 nitrogen and oxygen atoms in total. The van der Waals surface area contributed by atoms with E-state index in [-0.39, 0.29) is 17.2 Å². The minimum Gasteiger partial charge on any atom is -0.348 e. The van der Waals surface area contributed by atoms with Gasteiger partial charge in [0.15, 0.2) is 0 Å². The van der Waals surface area contributed by atoms with E-state index < -0.39 is 34.9 Å². The molecule has 0 saturated heterocycles. The number of fused-ring (bicyclic) bond motifs is 1. The van der Waals surface area contributed by atoms with Gasteiger partial charge in [0.25, 0.3) is 17.5 Å². The van der Waals surface area contributed by atoms with Crippen LogP contribution >= 0.6 is 0 Å². The van der Waals surface area contributed by atoms with Gasteiger partial charge in [0.05, 0.1) is 16.5 Å². The Hall–Kier alpha value is -3.55. The van der Waals surface area contributed by atoms with Gasteiger partial charge in [-0.05, 0) is 24.0 Å². The van der Waals surface area contributed by atoms with Crippen molar-refractivity contribution < 1.29 is 19.3 Å². The standard InChI is InChI=1S/C21H21N3O5/c1-13(2)11-16(14-7-4-3-5-8-14)22-18(25)12-23-20(26)15-9-6-10-17(24(28)29)19(15)21(23)27/h3-10,13,16H,11-12H2,1-2H3,(H,22,25). The molecule has 0 radical (unpaired) electrons. The van der Waals surface area contributed by atoms with Crippen LogP contribution in [0.15, 0.2) is 48.5 Å². The third kappa shape index (κ3) is 4.16. The predicted octanol–water partition coefficient (Wildman–Crippen LogP) is 3.09. The molecule has 0 fully saturated rings. The molecule has 1 N–H and O–H groups in total. The Balaban J connectivity index is 1.78. The van der Waals surface area contributed by atoms with Crippen LogP contribution in [0.5, 0.6) is 0 Å². The van der Waals surface area contributed by atoms with Crippen molar-refractivity contribution in [3.05, 3.63) is 75.3 Å². The number of amides is 3. The molecule has 0 spiro atoms. The molecule has 0 saturated carbocycles. The number of carbonyl (C=O) groups is 3. The number of rotatable bonds is 7. The fourth-order valence-electron chi connectivity index (χ4n) is 3.43. The van der Waals surface area contributed by atoms with Crippen LogP contribution < -0.4 is 5.32 Å². The number of nitrogens with one attached hydrogen (secondary N) is 1. The highest BCUT2D eigenvalue weighted by molar-refractivity contribution is 6.24. The number of nitro benzene ring substituents is 1. The Morgan fingerprint density at radius 1 is 1.07 bits per heavy atom. The van der Waals surface area contributed by atoms with Crippen LogP contribution in [0.4, 0.5) is 5.69 Å². The van der Waals surface area contributed by atoms with E-state index in [2.05, 4.69) is 5.32 Å². The molecule has 2 aromatic carbocycles. The van der Waals surface area contributed by atoms with Gasteiger partial charge in [-0.15, -0.1) is 0 Å². The van der Waals surface area contributed by atoms with Crippen molar-refractivity contribution in [2.24, 2.45) is 5.92 Å². The predicted molar refractivity (Wildman–Crippen MR) is 105 cm³/mol. The van der Waals surface area contributed by atoms with Crippen molar-refractivity contribution >= 4 is 23.4 Å². The zero-order valence-corrected chi connectivity index (χ0v) is 16.1. The number of benzene rings is 2. The van der Waals surface area contributed by atoms with E-state index in [4.69, 9.17) is 0 Å². The second kappa shape index (κ2) is 8.22. The van der Waals surface area contributed by atoms with Crippen LogP contribution in [0.3, 0.4) is 0 Å². The summed E-state index contributed by atoms with van der Waals surface area (Å²) in [5.41, 5.74) is 0.161. The molecule has 1 unspecified atom stereocenters. The zero-order chi connectivity index (χ0) is 21.1. The molecule has 0 bridgehead atoms. The average Bonchev–Trinajstić information content (AvgIpc) is 2.92. The molecular formula is C21H21N3O5. The van der Waals surface area contributed by atoms with Crippen LogP contribution in [-0.2, 0) is 4.79 Å². The number of nitrogens with zero attached hydrogens (tertiary/aromatic N) is 2. The minimum absolute atomic E-state index is 0.0567. The molecule has 29 heavy (non-hydrogen) atoms. The van der Waals surface area contributed by atoms with E-state index >= 15 is 0 Å². The van der Waals surface area contributed by atoms with Crippen LogP contribution in [0, 0.1) is 16.0 Å². The molecule has 1 atom stereocenters. The molecule has 2 aromatic rings. The molecule has 8 heteroatoms. The maximum atomic E-state index is 12.6. The smallest absolute Gasteiger partial charge is 0.282 e. The van der Waals surface area contributed by atoms with E-state index in [0.29, 0.717) is 12.3 Å². The van der Waals surface area contributed by atoms with Gasteiger partial charge in [-0.2, -0.15) is 0 Å². The third-order valence-electron chi connectivity index (χ3n) is 4.72. The maximum Gasteiger partial charge on any atom is 0.282 e. The monoisotopic (exact) mass is 395 g/mol. The van der Waals surface area contributed by atoms with Gasteiger partial charge in [-0.3, -0.25) is 29.4 Å². The Morgan fingerprint density at radius 3 is 2.38 bits per heavy atom. The summed E-state index contributed by atoms with van der Waals surface area (Å²) in [7, 11) is 0. The Kier molecular flexibility index (Phi) is 5.72. The Labute approximate surface area is 167 Å². The van der Waals surface area contributed by atoms with Crippen molar-refractivity contribution in [1.82, 2.24) is 10.2 Å². The molecule has 3 amide bonds. The quantitative estimate of drug-likeness (QED) is 0.440. The summed E-state index contributed by atoms with van der Waals surface area (Å²) in [5, 5.41) is 14.1. The van der Waals surface area contributed by atoms with Crippen LogP contribution in [0.2, 0.25) is 0 Å². The highest BCUT2D eigenvalue weighted by Crippen LogP contribution is 2.30.